The molecule has 0 radical (unpaired) electrons. The lowest BCUT2D eigenvalue weighted by molar-refractivity contribution is 0.102. The van der Waals surface area contributed by atoms with Gasteiger partial charge in [0.25, 0.3) is 5.91 Å². The van der Waals surface area contributed by atoms with Crippen molar-refractivity contribution in [1.82, 2.24) is 14.8 Å². The number of nitrogens with zero attached hydrogens (tertiary/aromatic N) is 3. The molecule has 7 heteroatoms. The number of halogens is 1. The summed E-state index contributed by atoms with van der Waals surface area (Å²) in [6.45, 7) is 0.673. The molecule has 0 aliphatic carbocycles. The minimum Gasteiger partial charge on any atom is -0.298 e. The number of thiazole rings is 1. The molecule has 0 saturated carbocycles. The van der Waals surface area contributed by atoms with Gasteiger partial charge in [-0.3, -0.25) is 14.8 Å². The highest BCUT2D eigenvalue weighted by Gasteiger charge is 2.10. The average molecular weight is 409 g/mol. The zero-order valence-corrected chi connectivity index (χ0v) is 16.5. The first-order valence-corrected chi connectivity index (χ1v) is 9.92. The number of aromatic nitrogens is 3. The van der Waals surface area contributed by atoms with E-state index in [0.717, 1.165) is 21.0 Å². The molecule has 0 atom stereocenters. The van der Waals surface area contributed by atoms with Gasteiger partial charge >= 0.3 is 0 Å². The van der Waals surface area contributed by atoms with Crippen molar-refractivity contribution in [3.05, 3.63) is 99.8 Å². The van der Waals surface area contributed by atoms with Crippen molar-refractivity contribution in [3.63, 3.8) is 0 Å². The minimum absolute atomic E-state index is 0.177. The molecule has 1 N–H and O–H groups in total. The second-order valence-corrected chi connectivity index (χ2v) is 7.78. The standard InChI is InChI=1S/C21H17ClN4OS/c22-19-5-2-1-4-17(19)12-18-13-23-21(28-18)25-20(27)16-8-6-15(7-9-16)14-26-11-3-10-24-26/h1-11,13H,12,14H2,(H,23,25,27). The van der Waals surface area contributed by atoms with Gasteiger partial charge in [0.2, 0.25) is 0 Å². The Bertz CT molecular complexity index is 1070. The summed E-state index contributed by atoms with van der Waals surface area (Å²) in [4.78, 5) is 17.8. The van der Waals surface area contributed by atoms with E-state index in [1.807, 2.05) is 65.5 Å². The number of benzene rings is 2. The van der Waals surface area contributed by atoms with Gasteiger partial charge < -0.3 is 0 Å². The molecule has 0 spiro atoms. The highest BCUT2D eigenvalue weighted by Crippen LogP contribution is 2.25. The van der Waals surface area contributed by atoms with Gasteiger partial charge in [0.1, 0.15) is 0 Å². The molecule has 0 bridgehead atoms. The van der Waals surface area contributed by atoms with Gasteiger partial charge in [0.05, 0.1) is 6.54 Å². The van der Waals surface area contributed by atoms with Crippen molar-refractivity contribution in [2.45, 2.75) is 13.0 Å². The van der Waals surface area contributed by atoms with Crippen LogP contribution in [-0.4, -0.2) is 20.7 Å². The average Bonchev–Trinajstić information content (AvgIpc) is 3.36. The van der Waals surface area contributed by atoms with E-state index in [0.29, 0.717) is 23.7 Å². The molecule has 4 aromatic rings. The molecular formula is C21H17ClN4OS. The second kappa shape index (κ2) is 8.37. The summed E-state index contributed by atoms with van der Waals surface area (Å²) in [5.74, 6) is -0.177. The van der Waals surface area contributed by atoms with E-state index in [1.54, 1.807) is 12.4 Å². The maximum Gasteiger partial charge on any atom is 0.257 e. The molecule has 0 aliphatic heterocycles. The maximum absolute atomic E-state index is 12.5. The highest BCUT2D eigenvalue weighted by atomic mass is 35.5. The van der Waals surface area contributed by atoms with Crippen LogP contribution in [0.1, 0.15) is 26.4 Å². The maximum atomic E-state index is 12.5. The largest absolute Gasteiger partial charge is 0.298 e. The molecule has 2 aromatic heterocycles. The first-order chi connectivity index (χ1) is 13.7. The lowest BCUT2D eigenvalue weighted by atomic mass is 10.1. The zero-order valence-electron chi connectivity index (χ0n) is 14.9. The summed E-state index contributed by atoms with van der Waals surface area (Å²) in [6.07, 6.45) is 6.12. The van der Waals surface area contributed by atoms with Crippen molar-refractivity contribution >= 4 is 34.0 Å². The van der Waals surface area contributed by atoms with Crippen LogP contribution in [-0.2, 0) is 13.0 Å². The Morgan fingerprint density at radius 2 is 1.93 bits per heavy atom. The minimum atomic E-state index is -0.177. The van der Waals surface area contributed by atoms with E-state index in [9.17, 15) is 4.79 Å². The van der Waals surface area contributed by atoms with Crippen molar-refractivity contribution in [2.24, 2.45) is 0 Å². The number of rotatable bonds is 6. The predicted octanol–water partition coefficient (Wildman–Crippen LogP) is 4.88. The van der Waals surface area contributed by atoms with Crippen molar-refractivity contribution in [1.29, 1.82) is 0 Å². The van der Waals surface area contributed by atoms with Crippen molar-refractivity contribution in [3.8, 4) is 0 Å². The van der Waals surface area contributed by atoms with E-state index in [1.165, 1.54) is 11.3 Å². The lowest BCUT2D eigenvalue weighted by Gasteiger charge is -2.05. The summed E-state index contributed by atoms with van der Waals surface area (Å²) >= 11 is 7.66. The van der Waals surface area contributed by atoms with Gasteiger partial charge in [-0.1, -0.05) is 41.9 Å². The summed E-state index contributed by atoms with van der Waals surface area (Å²) in [7, 11) is 0. The lowest BCUT2D eigenvalue weighted by Crippen LogP contribution is -2.11. The number of hydrogen-bond acceptors (Lipinski definition) is 4. The number of amides is 1. The van der Waals surface area contributed by atoms with Crippen LogP contribution in [0.25, 0.3) is 0 Å². The van der Waals surface area contributed by atoms with Crippen LogP contribution in [0.5, 0.6) is 0 Å². The number of carbonyl (C=O) groups excluding carboxylic acids is 1. The quantitative estimate of drug-likeness (QED) is 0.494. The van der Waals surface area contributed by atoms with Gasteiger partial charge in [0, 0.05) is 40.5 Å². The fourth-order valence-corrected chi connectivity index (χ4v) is 3.82. The first kappa shape index (κ1) is 18.4. The SMILES string of the molecule is O=C(Nc1ncc(Cc2ccccc2Cl)s1)c1ccc(Cn2cccn2)cc1. The first-order valence-electron chi connectivity index (χ1n) is 8.73. The fraction of sp³-hybridized carbons (Fsp3) is 0.0952. The van der Waals surface area contributed by atoms with Crippen LogP contribution in [0.3, 0.4) is 0 Å². The monoisotopic (exact) mass is 408 g/mol. The van der Waals surface area contributed by atoms with E-state index >= 15 is 0 Å². The number of carbonyl (C=O) groups is 1. The Labute approximate surface area is 171 Å². The Hall–Kier alpha value is -2.96. The second-order valence-electron chi connectivity index (χ2n) is 6.25. The third kappa shape index (κ3) is 4.47. The van der Waals surface area contributed by atoms with Crippen LogP contribution in [0.4, 0.5) is 5.13 Å². The van der Waals surface area contributed by atoms with E-state index in [4.69, 9.17) is 11.6 Å². The van der Waals surface area contributed by atoms with Crippen LogP contribution in [0.2, 0.25) is 5.02 Å². The molecule has 2 heterocycles. The smallest absolute Gasteiger partial charge is 0.257 e. The molecule has 2 aromatic carbocycles. The predicted molar refractivity (Wildman–Crippen MR) is 112 cm³/mol. The number of anilines is 1. The summed E-state index contributed by atoms with van der Waals surface area (Å²) in [5, 5.41) is 8.36. The van der Waals surface area contributed by atoms with Crippen LogP contribution < -0.4 is 5.32 Å². The van der Waals surface area contributed by atoms with Gasteiger partial charge in [0.15, 0.2) is 5.13 Å². The highest BCUT2D eigenvalue weighted by molar-refractivity contribution is 7.15. The van der Waals surface area contributed by atoms with Gasteiger partial charge in [-0.05, 0) is 35.4 Å². The number of hydrogen-bond donors (Lipinski definition) is 1. The third-order valence-electron chi connectivity index (χ3n) is 4.22. The van der Waals surface area contributed by atoms with Crippen molar-refractivity contribution < 1.29 is 4.79 Å². The molecule has 4 rings (SSSR count). The topological polar surface area (TPSA) is 59.8 Å². The molecule has 5 nitrogen and oxygen atoms in total. The Kier molecular flexibility index (Phi) is 5.50. The van der Waals surface area contributed by atoms with Gasteiger partial charge in [-0.25, -0.2) is 4.98 Å². The van der Waals surface area contributed by atoms with E-state index in [-0.39, 0.29) is 5.91 Å². The Morgan fingerprint density at radius 1 is 1.11 bits per heavy atom. The summed E-state index contributed by atoms with van der Waals surface area (Å²) in [5.41, 5.74) is 2.71. The van der Waals surface area contributed by atoms with Crippen LogP contribution >= 0.6 is 22.9 Å². The molecule has 0 unspecified atom stereocenters. The molecule has 0 saturated heterocycles. The molecule has 0 aliphatic rings. The molecule has 140 valence electrons. The van der Waals surface area contributed by atoms with E-state index < -0.39 is 0 Å². The summed E-state index contributed by atoms with van der Waals surface area (Å²) < 4.78 is 1.84. The fourth-order valence-electron chi connectivity index (χ4n) is 2.79. The molecular weight excluding hydrogens is 392 g/mol. The Balaban J connectivity index is 1.38. The number of nitrogens with one attached hydrogen (secondary N) is 1. The molecule has 28 heavy (non-hydrogen) atoms. The van der Waals surface area contributed by atoms with Gasteiger partial charge in [-0.15, -0.1) is 11.3 Å². The summed E-state index contributed by atoms with van der Waals surface area (Å²) in [6, 6.07) is 17.1. The van der Waals surface area contributed by atoms with E-state index in [2.05, 4.69) is 15.4 Å². The van der Waals surface area contributed by atoms with Crippen LogP contribution in [0, 0.1) is 0 Å². The molecule has 0 fully saturated rings. The zero-order chi connectivity index (χ0) is 19.3. The van der Waals surface area contributed by atoms with Crippen LogP contribution in [0.15, 0.2) is 73.2 Å². The third-order valence-corrected chi connectivity index (χ3v) is 5.50. The molecule has 1 amide bonds. The Morgan fingerprint density at radius 3 is 2.68 bits per heavy atom. The normalized spacial score (nSPS) is 10.8. The van der Waals surface area contributed by atoms with Gasteiger partial charge in [-0.2, -0.15) is 5.10 Å². The van der Waals surface area contributed by atoms with Crippen molar-refractivity contribution in [2.75, 3.05) is 5.32 Å².